The molecule has 0 rings (SSSR count). The van der Waals surface area contributed by atoms with Gasteiger partial charge in [0.1, 0.15) is 0 Å². The third-order valence-corrected chi connectivity index (χ3v) is 6.24. The van der Waals surface area contributed by atoms with Crippen LogP contribution in [0, 0.1) is 0 Å². The fourth-order valence-electron chi connectivity index (χ4n) is 4.05. The number of carbonyl (C=O) groups is 1. The maximum atomic E-state index is 11.4. The summed E-state index contributed by atoms with van der Waals surface area (Å²) in [5.41, 5.74) is 0. The molecule has 0 aromatic heterocycles. The first kappa shape index (κ1) is 33.4. The molecule has 0 saturated heterocycles. The van der Waals surface area contributed by atoms with Gasteiger partial charge in [-0.25, -0.2) is 4.79 Å². The zero-order valence-electron chi connectivity index (χ0n) is 21.8. The van der Waals surface area contributed by atoms with Crippen molar-refractivity contribution in [3.63, 3.8) is 0 Å². The molecule has 5 heteroatoms. The molecule has 192 valence electrons. The number of esters is 1. The van der Waals surface area contributed by atoms with Crippen molar-refractivity contribution in [2.75, 3.05) is 33.8 Å². The Morgan fingerprint density at radius 1 is 0.719 bits per heavy atom. The minimum absolute atomic E-state index is 0. The molecule has 1 N–H and O–H groups in total. The molecule has 4 nitrogen and oxygen atoms in total. The molecule has 0 atom stereocenters. The number of quaternary nitrogens is 1. The van der Waals surface area contributed by atoms with Crippen LogP contribution in [0.25, 0.3) is 0 Å². The summed E-state index contributed by atoms with van der Waals surface area (Å²) in [6.45, 7) is 6.44. The van der Waals surface area contributed by atoms with E-state index in [-0.39, 0.29) is 18.2 Å². The number of hydrogen-bond acceptors (Lipinski definition) is 3. The van der Waals surface area contributed by atoms with Crippen molar-refractivity contribution in [3.8, 4) is 0 Å². The van der Waals surface area contributed by atoms with Crippen LogP contribution in [0.5, 0.6) is 0 Å². The number of nitrogens with zero attached hydrogens (tertiary/aromatic N) is 1. The van der Waals surface area contributed by atoms with Crippen molar-refractivity contribution in [2.24, 2.45) is 0 Å². The fourth-order valence-corrected chi connectivity index (χ4v) is 4.05. The van der Waals surface area contributed by atoms with Gasteiger partial charge in [-0.1, -0.05) is 96.8 Å². The Hall–Kier alpha value is -0.740. The van der Waals surface area contributed by atoms with Gasteiger partial charge in [0.25, 0.3) is 0 Å². The lowest BCUT2D eigenvalue weighted by molar-refractivity contribution is -0.890. The van der Waals surface area contributed by atoms with Gasteiger partial charge in [-0.3, -0.25) is 0 Å². The molecule has 0 aromatic rings. The first-order chi connectivity index (χ1) is 14.9. The lowest BCUT2D eigenvalue weighted by atomic mass is 10.0. The second-order valence-electron chi connectivity index (χ2n) is 9.85. The van der Waals surface area contributed by atoms with Gasteiger partial charge in [0.2, 0.25) is 0 Å². The molecule has 0 heterocycles. The van der Waals surface area contributed by atoms with Crippen molar-refractivity contribution in [1.82, 2.24) is 0 Å². The highest BCUT2D eigenvalue weighted by Crippen LogP contribution is 2.14. The summed E-state index contributed by atoms with van der Waals surface area (Å²) < 4.78 is 6.02. The van der Waals surface area contributed by atoms with Crippen LogP contribution in [0.1, 0.15) is 123 Å². The summed E-state index contributed by atoms with van der Waals surface area (Å²) >= 11 is 0. The molecular weight excluding hydrogens is 422 g/mol. The van der Waals surface area contributed by atoms with Crippen LogP contribution >= 0.6 is 0 Å². The van der Waals surface area contributed by atoms with Crippen LogP contribution in [0.15, 0.2) is 11.8 Å². The maximum Gasteiger partial charge on any atom is 0.373 e. The van der Waals surface area contributed by atoms with E-state index >= 15 is 0 Å². The van der Waals surface area contributed by atoms with Crippen molar-refractivity contribution in [2.45, 2.75) is 123 Å². The number of aliphatic hydroxyl groups excluding tert-OH is 1. The molecule has 0 aliphatic heterocycles. The van der Waals surface area contributed by atoms with Crippen molar-refractivity contribution in [1.29, 1.82) is 0 Å². The number of halogens is 1. The van der Waals surface area contributed by atoms with E-state index < -0.39 is 5.97 Å². The number of carbonyl (C=O) groups excluding carboxylic acids is 1. The molecule has 0 saturated carbocycles. The number of hydrogen-bond donors (Lipinski definition) is 1. The summed E-state index contributed by atoms with van der Waals surface area (Å²) in [4.78, 5) is 11.4. The Morgan fingerprint density at radius 2 is 1.09 bits per heavy atom. The fraction of sp³-hybridized carbons (Fsp3) is 0.889. The summed E-state index contributed by atoms with van der Waals surface area (Å²) in [5.74, 6) is -0.924. The third-order valence-electron chi connectivity index (χ3n) is 6.24. The van der Waals surface area contributed by atoms with Crippen molar-refractivity contribution >= 4 is 5.97 Å². The van der Waals surface area contributed by atoms with Crippen LogP contribution < -0.4 is 12.4 Å². The van der Waals surface area contributed by atoms with Gasteiger partial charge >= 0.3 is 5.97 Å². The summed E-state index contributed by atoms with van der Waals surface area (Å²) in [5, 5.41) is 9.28. The normalized spacial score (nSPS) is 11.9. The summed E-state index contributed by atoms with van der Waals surface area (Å²) in [6, 6.07) is 0. The lowest BCUT2D eigenvalue weighted by Gasteiger charge is -2.29. The van der Waals surface area contributed by atoms with Gasteiger partial charge in [0.15, 0.2) is 5.76 Å². The van der Waals surface area contributed by atoms with E-state index in [1.165, 1.54) is 115 Å². The van der Waals surface area contributed by atoms with Gasteiger partial charge < -0.3 is 26.7 Å². The van der Waals surface area contributed by atoms with E-state index in [0.717, 1.165) is 17.4 Å². The molecule has 0 aliphatic rings. The molecule has 0 radical (unpaired) electrons. The van der Waals surface area contributed by atoms with Crippen molar-refractivity contribution < 1.29 is 31.5 Å². The highest BCUT2D eigenvalue weighted by molar-refractivity contribution is 5.85. The topological polar surface area (TPSA) is 46.5 Å². The Morgan fingerprint density at radius 3 is 1.50 bits per heavy atom. The molecule has 0 unspecified atom stereocenters. The lowest BCUT2D eigenvalue weighted by Crippen LogP contribution is -3.00. The van der Waals surface area contributed by atoms with Crippen LogP contribution in [0.4, 0.5) is 0 Å². The largest absolute Gasteiger partial charge is 1.00 e. The second kappa shape index (κ2) is 23.4. The maximum absolute atomic E-state index is 11.4. The van der Waals surface area contributed by atoms with Gasteiger partial charge in [-0.15, -0.1) is 0 Å². The standard InChI is InChI=1S/C27H53NO3.ClH/c1-5-7-8-9-10-11-12-13-14-15-16-17-18-19-20-21-23-28(3,4)24-22-25-31-27(30)26(29)6-2;/h6H,5,7-25H2,1-4H3;1H. The predicted molar refractivity (Wildman–Crippen MR) is 133 cm³/mol. The van der Waals surface area contributed by atoms with Gasteiger partial charge in [0, 0.05) is 6.42 Å². The SMILES string of the molecule is CC=C(O)C(=O)OCCC[N+](C)(C)CCCCCCCCCCCCCCCCCC.[Cl-]. The molecule has 0 fully saturated rings. The van der Waals surface area contributed by atoms with Gasteiger partial charge in [-0.2, -0.15) is 0 Å². The Balaban J connectivity index is 0. The zero-order chi connectivity index (χ0) is 23.2. The molecule has 0 aromatic carbocycles. The minimum Gasteiger partial charge on any atom is -1.00 e. The number of rotatable bonds is 22. The minimum atomic E-state index is -0.620. The number of ether oxygens (including phenoxy) is 1. The van der Waals surface area contributed by atoms with E-state index in [9.17, 15) is 9.90 Å². The van der Waals surface area contributed by atoms with Crippen LogP contribution in [-0.2, 0) is 9.53 Å². The van der Waals surface area contributed by atoms with Gasteiger partial charge in [0.05, 0.1) is 33.8 Å². The van der Waals surface area contributed by atoms with E-state index in [1.54, 1.807) is 6.92 Å². The Kier molecular flexibility index (Phi) is 24.5. The first-order valence-electron chi connectivity index (χ1n) is 13.3. The molecule has 32 heavy (non-hydrogen) atoms. The number of allylic oxidation sites excluding steroid dienone is 1. The third kappa shape index (κ3) is 22.5. The smallest absolute Gasteiger partial charge is 0.373 e. The number of unbranched alkanes of at least 4 members (excludes halogenated alkanes) is 15. The van der Waals surface area contributed by atoms with Crippen LogP contribution in [-0.4, -0.2) is 49.4 Å². The summed E-state index contributed by atoms with van der Waals surface area (Å²) in [7, 11) is 4.49. The first-order valence-corrected chi connectivity index (χ1v) is 13.3. The van der Waals surface area contributed by atoms with Crippen molar-refractivity contribution in [3.05, 3.63) is 11.8 Å². The predicted octanol–water partition coefficient (Wildman–Crippen LogP) is 4.72. The quantitative estimate of drug-likeness (QED) is 0.0809. The monoisotopic (exact) mass is 475 g/mol. The van der Waals surface area contributed by atoms with E-state index in [1.807, 2.05) is 0 Å². The van der Waals surface area contributed by atoms with E-state index in [2.05, 4.69) is 21.0 Å². The molecule has 0 spiro atoms. The Labute approximate surface area is 206 Å². The average molecular weight is 476 g/mol. The van der Waals surface area contributed by atoms with Crippen LogP contribution in [0.3, 0.4) is 0 Å². The average Bonchev–Trinajstić information content (AvgIpc) is 2.75. The molecule has 0 aliphatic carbocycles. The van der Waals surface area contributed by atoms with Crippen LogP contribution in [0.2, 0.25) is 0 Å². The summed E-state index contributed by atoms with van der Waals surface area (Å²) in [6.07, 6.45) is 24.6. The molecule has 0 amide bonds. The van der Waals surface area contributed by atoms with E-state index in [4.69, 9.17) is 4.74 Å². The highest BCUT2D eigenvalue weighted by atomic mass is 35.5. The van der Waals surface area contributed by atoms with E-state index in [0.29, 0.717) is 6.61 Å². The second-order valence-corrected chi connectivity index (χ2v) is 9.85. The zero-order valence-corrected chi connectivity index (χ0v) is 22.6. The van der Waals surface area contributed by atoms with Gasteiger partial charge in [-0.05, 0) is 25.8 Å². The molecular formula is C27H54ClNO3. The molecule has 0 bridgehead atoms. The highest BCUT2D eigenvalue weighted by Gasteiger charge is 2.15. The number of aliphatic hydroxyl groups is 1. The Bertz CT molecular complexity index is 452.